The molecule has 0 radical (unpaired) electrons. The summed E-state index contributed by atoms with van der Waals surface area (Å²) in [6, 6.07) is 6.24. The van der Waals surface area contributed by atoms with Crippen LogP contribution in [0.15, 0.2) is 29.8 Å². The lowest BCUT2D eigenvalue weighted by molar-refractivity contribution is -0.136. The molecule has 1 aromatic rings. The van der Waals surface area contributed by atoms with E-state index in [1.165, 1.54) is 7.11 Å². The van der Waals surface area contributed by atoms with E-state index in [1.54, 1.807) is 6.08 Å². The standard InChI is InChI=1S/C18H26O3/c1-7-14(17(19)20-6)10-11-21-16-12-13(2)8-9-15(16)18(3,4)5/h8-10,12H,7,11H2,1-6H3. The highest BCUT2D eigenvalue weighted by atomic mass is 16.5. The minimum atomic E-state index is -0.290. The predicted octanol–water partition coefficient (Wildman–Crippen LogP) is 4.18. The van der Waals surface area contributed by atoms with Gasteiger partial charge in [0.25, 0.3) is 0 Å². The predicted molar refractivity (Wildman–Crippen MR) is 85.8 cm³/mol. The molecule has 0 amide bonds. The fourth-order valence-electron chi connectivity index (χ4n) is 2.10. The first-order chi connectivity index (χ1) is 9.79. The molecule has 21 heavy (non-hydrogen) atoms. The Morgan fingerprint density at radius 1 is 1.29 bits per heavy atom. The van der Waals surface area contributed by atoms with Gasteiger partial charge in [0.15, 0.2) is 0 Å². The van der Waals surface area contributed by atoms with E-state index in [4.69, 9.17) is 9.47 Å². The van der Waals surface area contributed by atoms with Gasteiger partial charge in [-0.2, -0.15) is 0 Å². The zero-order chi connectivity index (χ0) is 16.0. The van der Waals surface area contributed by atoms with Gasteiger partial charge in [0.05, 0.1) is 7.11 Å². The van der Waals surface area contributed by atoms with Crippen molar-refractivity contribution < 1.29 is 14.3 Å². The molecule has 3 nitrogen and oxygen atoms in total. The fraction of sp³-hybridized carbons (Fsp3) is 0.500. The van der Waals surface area contributed by atoms with Gasteiger partial charge in [-0.25, -0.2) is 4.79 Å². The molecule has 0 bridgehead atoms. The van der Waals surface area contributed by atoms with Crippen LogP contribution in [0, 0.1) is 6.92 Å². The number of methoxy groups -OCH3 is 1. The van der Waals surface area contributed by atoms with Crippen molar-refractivity contribution in [3.63, 3.8) is 0 Å². The van der Waals surface area contributed by atoms with Crippen molar-refractivity contribution in [2.24, 2.45) is 0 Å². The molecular weight excluding hydrogens is 264 g/mol. The lowest BCUT2D eigenvalue weighted by Gasteiger charge is -2.23. The van der Waals surface area contributed by atoms with Gasteiger partial charge >= 0.3 is 5.97 Å². The largest absolute Gasteiger partial charge is 0.489 e. The summed E-state index contributed by atoms with van der Waals surface area (Å²) in [6.07, 6.45) is 2.43. The van der Waals surface area contributed by atoms with E-state index >= 15 is 0 Å². The molecule has 0 saturated carbocycles. The summed E-state index contributed by atoms with van der Waals surface area (Å²) in [5.74, 6) is 0.584. The highest BCUT2D eigenvalue weighted by molar-refractivity contribution is 5.88. The number of benzene rings is 1. The van der Waals surface area contributed by atoms with Crippen LogP contribution >= 0.6 is 0 Å². The maximum absolute atomic E-state index is 11.5. The highest BCUT2D eigenvalue weighted by Crippen LogP contribution is 2.32. The van der Waals surface area contributed by atoms with Gasteiger partial charge in [0.2, 0.25) is 0 Å². The summed E-state index contributed by atoms with van der Waals surface area (Å²) in [6.45, 7) is 10.8. The third kappa shape index (κ3) is 4.92. The first kappa shape index (κ1) is 17.3. The van der Waals surface area contributed by atoms with Crippen molar-refractivity contribution in [1.29, 1.82) is 0 Å². The van der Waals surface area contributed by atoms with Gasteiger partial charge in [-0.1, -0.05) is 39.8 Å². The maximum atomic E-state index is 11.5. The number of rotatable bonds is 5. The summed E-state index contributed by atoms with van der Waals surface area (Å²) in [5, 5.41) is 0. The summed E-state index contributed by atoms with van der Waals surface area (Å²) in [5.41, 5.74) is 2.98. The SMILES string of the molecule is CCC(=CCOc1cc(C)ccc1C(C)(C)C)C(=O)OC. The van der Waals surface area contributed by atoms with Gasteiger partial charge in [-0.3, -0.25) is 0 Å². The number of hydrogen-bond acceptors (Lipinski definition) is 3. The molecule has 0 aromatic heterocycles. The fourth-order valence-corrected chi connectivity index (χ4v) is 2.10. The molecule has 0 N–H and O–H groups in total. The van der Waals surface area contributed by atoms with Crippen LogP contribution in [0.1, 0.15) is 45.2 Å². The molecule has 0 spiro atoms. The Kier molecular flexibility index (Phi) is 6.01. The van der Waals surface area contributed by atoms with E-state index in [-0.39, 0.29) is 11.4 Å². The normalized spacial score (nSPS) is 12.2. The summed E-state index contributed by atoms with van der Waals surface area (Å²) in [4.78, 5) is 11.5. The van der Waals surface area contributed by atoms with Crippen LogP contribution in [-0.4, -0.2) is 19.7 Å². The quantitative estimate of drug-likeness (QED) is 0.603. The van der Waals surface area contributed by atoms with Crippen molar-refractivity contribution in [2.75, 3.05) is 13.7 Å². The lowest BCUT2D eigenvalue weighted by Crippen LogP contribution is -2.14. The van der Waals surface area contributed by atoms with Crippen molar-refractivity contribution in [3.8, 4) is 5.75 Å². The van der Waals surface area contributed by atoms with E-state index in [2.05, 4.69) is 32.9 Å². The molecule has 3 heteroatoms. The molecule has 0 heterocycles. The monoisotopic (exact) mass is 290 g/mol. The van der Waals surface area contributed by atoms with Gasteiger partial charge in [-0.05, 0) is 42.0 Å². The molecule has 0 aliphatic rings. The molecule has 0 atom stereocenters. The number of ether oxygens (including phenoxy) is 2. The molecule has 0 unspecified atom stereocenters. The first-order valence-electron chi connectivity index (χ1n) is 7.30. The van der Waals surface area contributed by atoms with Gasteiger partial charge in [0, 0.05) is 5.57 Å². The van der Waals surface area contributed by atoms with E-state index in [0.717, 1.165) is 16.9 Å². The third-order valence-electron chi connectivity index (χ3n) is 3.34. The Hall–Kier alpha value is -1.77. The van der Waals surface area contributed by atoms with Crippen LogP contribution in [0.4, 0.5) is 0 Å². The van der Waals surface area contributed by atoms with Crippen LogP contribution in [0.2, 0.25) is 0 Å². The molecule has 0 fully saturated rings. The average molecular weight is 290 g/mol. The Morgan fingerprint density at radius 2 is 1.95 bits per heavy atom. The second-order valence-corrected chi connectivity index (χ2v) is 6.14. The van der Waals surface area contributed by atoms with Gasteiger partial charge < -0.3 is 9.47 Å². The van der Waals surface area contributed by atoms with Crippen LogP contribution in [-0.2, 0) is 14.9 Å². The second-order valence-electron chi connectivity index (χ2n) is 6.14. The average Bonchev–Trinajstić information content (AvgIpc) is 2.41. The van der Waals surface area contributed by atoms with Crippen molar-refractivity contribution in [2.45, 2.75) is 46.5 Å². The molecule has 0 aliphatic heterocycles. The summed E-state index contributed by atoms with van der Waals surface area (Å²) >= 11 is 0. The number of carbonyl (C=O) groups excluding carboxylic acids is 1. The molecule has 116 valence electrons. The highest BCUT2D eigenvalue weighted by Gasteiger charge is 2.18. The number of esters is 1. The molecule has 1 rings (SSSR count). The Bertz CT molecular complexity index is 522. The number of hydrogen-bond donors (Lipinski definition) is 0. The minimum Gasteiger partial charge on any atom is -0.489 e. The first-order valence-corrected chi connectivity index (χ1v) is 7.30. The van der Waals surface area contributed by atoms with Crippen molar-refractivity contribution >= 4 is 5.97 Å². The smallest absolute Gasteiger partial charge is 0.333 e. The molecule has 1 aromatic carbocycles. The van der Waals surface area contributed by atoms with E-state index in [9.17, 15) is 4.79 Å². The lowest BCUT2D eigenvalue weighted by atomic mass is 9.86. The summed E-state index contributed by atoms with van der Waals surface area (Å²) < 4.78 is 10.6. The van der Waals surface area contributed by atoms with Crippen molar-refractivity contribution in [1.82, 2.24) is 0 Å². The second kappa shape index (κ2) is 7.30. The van der Waals surface area contributed by atoms with E-state index in [1.807, 2.05) is 19.9 Å². The number of carbonyl (C=O) groups is 1. The van der Waals surface area contributed by atoms with Crippen LogP contribution in [0.25, 0.3) is 0 Å². The topological polar surface area (TPSA) is 35.5 Å². The minimum absolute atomic E-state index is 0.0166. The zero-order valence-electron chi connectivity index (χ0n) is 13.9. The van der Waals surface area contributed by atoms with Gasteiger partial charge in [-0.15, -0.1) is 0 Å². The van der Waals surface area contributed by atoms with Crippen LogP contribution < -0.4 is 4.74 Å². The van der Waals surface area contributed by atoms with E-state index < -0.39 is 0 Å². The van der Waals surface area contributed by atoms with Gasteiger partial charge in [0.1, 0.15) is 12.4 Å². The Labute approximate surface area is 128 Å². The van der Waals surface area contributed by atoms with Crippen LogP contribution in [0.5, 0.6) is 5.75 Å². The number of aryl methyl sites for hydroxylation is 1. The Morgan fingerprint density at radius 3 is 2.48 bits per heavy atom. The summed E-state index contributed by atoms with van der Waals surface area (Å²) in [7, 11) is 1.39. The molecule has 0 aliphatic carbocycles. The molecule has 0 saturated heterocycles. The van der Waals surface area contributed by atoms with E-state index in [0.29, 0.717) is 18.6 Å². The van der Waals surface area contributed by atoms with Crippen LogP contribution in [0.3, 0.4) is 0 Å². The van der Waals surface area contributed by atoms with Crippen molar-refractivity contribution in [3.05, 3.63) is 41.0 Å². The zero-order valence-corrected chi connectivity index (χ0v) is 13.9. The maximum Gasteiger partial charge on any atom is 0.333 e. The molecular formula is C18H26O3. The Balaban J connectivity index is 2.91. The third-order valence-corrected chi connectivity index (χ3v) is 3.34.